The molecule has 0 aliphatic carbocycles. The summed E-state index contributed by atoms with van der Waals surface area (Å²) in [6, 6.07) is 13.5. The van der Waals surface area contributed by atoms with E-state index in [1.165, 1.54) is 35.2 Å². The highest BCUT2D eigenvalue weighted by Gasteiger charge is 2.30. The van der Waals surface area contributed by atoms with Gasteiger partial charge in [0.05, 0.1) is 22.2 Å². The van der Waals surface area contributed by atoms with Crippen LogP contribution in [0.25, 0.3) is 10.8 Å². The van der Waals surface area contributed by atoms with E-state index in [0.29, 0.717) is 22.0 Å². The molecular formula is C19H13N2O5S-. The molecule has 4 rings (SSSR count). The Kier molecular flexibility index (Phi) is 3.67. The average molecular weight is 381 g/mol. The molecule has 7 nitrogen and oxygen atoms in total. The summed E-state index contributed by atoms with van der Waals surface area (Å²) in [6.45, 7) is 0. The fraction of sp³-hybridized carbons (Fsp3) is 0.0526. The molecule has 0 atom stereocenters. The number of hydrogen-bond acceptors (Lipinski definition) is 5. The second-order valence-corrected chi connectivity index (χ2v) is 7.76. The molecule has 3 aromatic rings. The number of hydrogen-bond donors (Lipinski definition) is 1. The number of aromatic carboxylic acids is 1. The first-order valence-corrected chi connectivity index (χ1v) is 9.46. The number of sulfonamides is 1. The number of carbonyl (C=O) groups excluding carboxylic acids is 2. The van der Waals surface area contributed by atoms with Crippen molar-refractivity contribution in [3.05, 3.63) is 65.7 Å². The van der Waals surface area contributed by atoms with Crippen molar-refractivity contribution in [2.45, 2.75) is 4.90 Å². The number of carboxylic acids is 1. The van der Waals surface area contributed by atoms with Crippen molar-refractivity contribution in [2.75, 3.05) is 16.7 Å². The summed E-state index contributed by atoms with van der Waals surface area (Å²) in [7, 11) is -2.48. The molecule has 0 spiro atoms. The van der Waals surface area contributed by atoms with Gasteiger partial charge in [0.15, 0.2) is 0 Å². The van der Waals surface area contributed by atoms with Crippen LogP contribution in [0.2, 0.25) is 0 Å². The Morgan fingerprint density at radius 1 is 1.04 bits per heavy atom. The van der Waals surface area contributed by atoms with Gasteiger partial charge in [0.1, 0.15) is 0 Å². The number of carbonyl (C=O) groups is 2. The summed E-state index contributed by atoms with van der Waals surface area (Å²) in [5.41, 5.74) is 0.702. The van der Waals surface area contributed by atoms with Gasteiger partial charge in [-0.2, -0.15) is 0 Å². The highest BCUT2D eigenvalue weighted by molar-refractivity contribution is 7.93. The van der Waals surface area contributed by atoms with E-state index in [-0.39, 0.29) is 22.1 Å². The number of para-hydroxylation sites is 1. The highest BCUT2D eigenvalue weighted by atomic mass is 32.2. The summed E-state index contributed by atoms with van der Waals surface area (Å²) in [5, 5.41) is 12.2. The van der Waals surface area contributed by atoms with Crippen molar-refractivity contribution < 1.29 is 23.1 Å². The fourth-order valence-corrected chi connectivity index (χ4v) is 4.58. The van der Waals surface area contributed by atoms with Crippen LogP contribution in [0.4, 0.5) is 11.4 Å². The quantitative estimate of drug-likeness (QED) is 0.739. The summed E-state index contributed by atoms with van der Waals surface area (Å²) in [6.07, 6.45) is 0. The second-order valence-electron chi connectivity index (χ2n) is 6.11. The van der Waals surface area contributed by atoms with Crippen molar-refractivity contribution >= 4 is 44.0 Å². The number of nitrogens with one attached hydrogen (secondary N) is 1. The van der Waals surface area contributed by atoms with Crippen LogP contribution in [0.1, 0.15) is 20.7 Å². The predicted octanol–water partition coefficient (Wildman–Crippen LogP) is 1.59. The van der Waals surface area contributed by atoms with Gasteiger partial charge < -0.3 is 14.8 Å². The summed E-state index contributed by atoms with van der Waals surface area (Å²) in [5.74, 6) is -1.69. The van der Waals surface area contributed by atoms with Gasteiger partial charge in [0.2, 0.25) is 0 Å². The first kappa shape index (κ1) is 17.0. The lowest BCUT2D eigenvalue weighted by Gasteiger charge is -2.15. The van der Waals surface area contributed by atoms with Crippen LogP contribution in [-0.2, 0) is 10.0 Å². The third kappa shape index (κ3) is 2.53. The molecule has 0 saturated heterocycles. The van der Waals surface area contributed by atoms with Crippen molar-refractivity contribution in [1.29, 1.82) is 0 Å². The molecule has 0 aromatic heterocycles. The van der Waals surface area contributed by atoms with Gasteiger partial charge in [0.25, 0.3) is 15.9 Å². The number of carboxylic acid groups (broad SMARTS) is 1. The number of anilines is 2. The van der Waals surface area contributed by atoms with Crippen molar-refractivity contribution in [2.24, 2.45) is 0 Å². The number of benzene rings is 3. The third-order valence-corrected chi connectivity index (χ3v) is 5.98. The number of rotatable bonds is 4. The lowest BCUT2D eigenvalue weighted by atomic mass is 10.1. The van der Waals surface area contributed by atoms with Crippen LogP contribution >= 0.6 is 0 Å². The molecule has 3 aromatic carbocycles. The molecule has 0 unspecified atom stereocenters. The molecule has 0 bridgehead atoms. The van der Waals surface area contributed by atoms with E-state index < -0.39 is 16.0 Å². The normalized spacial score (nSPS) is 13.2. The molecule has 136 valence electrons. The smallest absolute Gasteiger partial charge is 0.262 e. The number of nitrogens with zero attached hydrogens (tertiary/aromatic N) is 1. The Morgan fingerprint density at radius 2 is 1.78 bits per heavy atom. The molecule has 1 amide bonds. The van der Waals surface area contributed by atoms with Gasteiger partial charge in [-0.15, -0.1) is 0 Å². The molecule has 0 saturated carbocycles. The minimum atomic E-state index is -4.11. The molecule has 1 aliphatic rings. The van der Waals surface area contributed by atoms with Crippen LogP contribution < -0.4 is 14.7 Å². The first-order chi connectivity index (χ1) is 12.8. The highest BCUT2D eigenvalue weighted by Crippen LogP contribution is 2.39. The molecule has 0 radical (unpaired) electrons. The van der Waals surface area contributed by atoms with Crippen LogP contribution in [0, 0.1) is 0 Å². The largest absolute Gasteiger partial charge is 0.545 e. The minimum Gasteiger partial charge on any atom is -0.545 e. The Labute approximate surface area is 154 Å². The molecular weight excluding hydrogens is 368 g/mol. The van der Waals surface area contributed by atoms with E-state index in [0.717, 1.165) is 0 Å². The average Bonchev–Trinajstić information content (AvgIpc) is 2.88. The van der Waals surface area contributed by atoms with E-state index in [4.69, 9.17) is 0 Å². The predicted molar refractivity (Wildman–Crippen MR) is 98.3 cm³/mol. The minimum absolute atomic E-state index is 0.0423. The lowest BCUT2D eigenvalue weighted by Crippen LogP contribution is -2.25. The maximum Gasteiger partial charge on any atom is 0.262 e. The van der Waals surface area contributed by atoms with Gasteiger partial charge in [-0.3, -0.25) is 9.52 Å². The van der Waals surface area contributed by atoms with Gasteiger partial charge in [-0.05, 0) is 24.3 Å². The maximum atomic E-state index is 13.0. The third-order valence-electron chi connectivity index (χ3n) is 4.56. The van der Waals surface area contributed by atoms with E-state index in [9.17, 15) is 23.1 Å². The van der Waals surface area contributed by atoms with Gasteiger partial charge in [0, 0.05) is 28.9 Å². The maximum absolute atomic E-state index is 13.0. The van der Waals surface area contributed by atoms with E-state index in [2.05, 4.69) is 4.72 Å². The fourth-order valence-electron chi connectivity index (χ4n) is 3.29. The Bertz CT molecular complexity index is 1230. The monoisotopic (exact) mass is 381 g/mol. The standard InChI is InChI=1S/C19H14N2O5S/c1-21-15-9-10-16(12-6-4-7-13(17(12)15)18(21)22)27(25,26)20-14-8-3-2-5-11(14)19(23)24/h2-10,20H,1H3,(H,23,24)/p-1. The Hall–Kier alpha value is -3.39. The van der Waals surface area contributed by atoms with Crippen LogP contribution in [0.3, 0.4) is 0 Å². The van der Waals surface area contributed by atoms with E-state index in [1.807, 2.05) is 0 Å². The zero-order valence-electron chi connectivity index (χ0n) is 14.1. The molecule has 27 heavy (non-hydrogen) atoms. The Morgan fingerprint density at radius 3 is 2.52 bits per heavy atom. The topological polar surface area (TPSA) is 107 Å². The van der Waals surface area contributed by atoms with Crippen LogP contribution in [0.15, 0.2) is 59.5 Å². The van der Waals surface area contributed by atoms with Gasteiger partial charge in [-0.1, -0.05) is 30.3 Å². The van der Waals surface area contributed by atoms with Crippen LogP contribution in [-0.4, -0.2) is 27.3 Å². The van der Waals surface area contributed by atoms with Crippen molar-refractivity contribution in [3.8, 4) is 0 Å². The lowest BCUT2D eigenvalue weighted by molar-refractivity contribution is -0.254. The molecule has 1 heterocycles. The molecule has 1 N–H and O–H groups in total. The zero-order valence-corrected chi connectivity index (χ0v) is 14.9. The van der Waals surface area contributed by atoms with Crippen molar-refractivity contribution in [1.82, 2.24) is 0 Å². The summed E-state index contributed by atoms with van der Waals surface area (Å²) in [4.78, 5) is 25.0. The van der Waals surface area contributed by atoms with Crippen molar-refractivity contribution in [3.63, 3.8) is 0 Å². The summed E-state index contributed by atoms with van der Waals surface area (Å²) >= 11 is 0. The van der Waals surface area contributed by atoms with Gasteiger partial charge in [-0.25, -0.2) is 8.42 Å². The molecule has 0 fully saturated rings. The van der Waals surface area contributed by atoms with Gasteiger partial charge >= 0.3 is 0 Å². The number of amides is 1. The second kappa shape index (κ2) is 5.82. The molecule has 8 heteroatoms. The first-order valence-electron chi connectivity index (χ1n) is 7.98. The Balaban J connectivity index is 1.89. The van der Waals surface area contributed by atoms with Crippen LogP contribution in [0.5, 0.6) is 0 Å². The zero-order chi connectivity index (χ0) is 19.3. The van der Waals surface area contributed by atoms with E-state index in [1.54, 1.807) is 31.3 Å². The molecule has 1 aliphatic heterocycles. The SMILES string of the molecule is CN1C(=O)c2cccc3c(S(=O)(=O)Nc4ccccc4C(=O)[O-])ccc1c23. The van der Waals surface area contributed by atoms with E-state index >= 15 is 0 Å². The summed E-state index contributed by atoms with van der Waals surface area (Å²) < 4.78 is 28.3.